The number of hydrogen-bond donors (Lipinski definition) is 2. The highest BCUT2D eigenvalue weighted by Crippen LogP contribution is 2.24. The van der Waals surface area contributed by atoms with Crippen molar-refractivity contribution in [1.82, 2.24) is 4.31 Å². The second-order valence-electron chi connectivity index (χ2n) is 4.00. The monoisotopic (exact) mass is 260 g/mol. The van der Waals surface area contributed by atoms with Crippen LogP contribution >= 0.6 is 0 Å². The summed E-state index contributed by atoms with van der Waals surface area (Å²) in [7, 11) is -3.88. The number of aliphatic hydroxyl groups is 1. The summed E-state index contributed by atoms with van der Waals surface area (Å²) in [4.78, 5) is -0.402. The third-order valence-electron chi connectivity index (χ3n) is 2.70. The predicted octanol–water partition coefficient (Wildman–Crippen LogP) is 0.163. The van der Waals surface area contributed by atoms with Crippen molar-refractivity contribution >= 4 is 15.7 Å². The Hall–Kier alpha value is -1.18. The van der Waals surface area contributed by atoms with E-state index < -0.39 is 26.8 Å². The van der Waals surface area contributed by atoms with E-state index in [1.54, 1.807) is 0 Å². The van der Waals surface area contributed by atoms with Gasteiger partial charge in [0.25, 0.3) is 0 Å². The molecule has 0 bridgehead atoms. The lowest BCUT2D eigenvalue weighted by atomic mass is 10.3. The Bertz CT molecular complexity index is 532. The normalized spacial score (nSPS) is 21.9. The van der Waals surface area contributed by atoms with Gasteiger partial charge in [0.1, 0.15) is 10.7 Å². The summed E-state index contributed by atoms with van der Waals surface area (Å²) in [5, 5.41) is 9.30. The average molecular weight is 260 g/mol. The van der Waals surface area contributed by atoms with Crippen molar-refractivity contribution in [3.05, 3.63) is 24.0 Å². The van der Waals surface area contributed by atoms with Crippen molar-refractivity contribution in [2.24, 2.45) is 0 Å². The number of nitrogens with two attached hydrogens (primary N) is 1. The lowest BCUT2D eigenvalue weighted by molar-refractivity contribution is 0.189. The van der Waals surface area contributed by atoms with Crippen LogP contribution in [0.25, 0.3) is 0 Å². The first-order chi connectivity index (χ1) is 7.91. The summed E-state index contributed by atoms with van der Waals surface area (Å²) in [6.07, 6.45) is -0.308. The number of hydrogen-bond acceptors (Lipinski definition) is 4. The standard InChI is InChI=1S/C10H13FN2O3S/c11-9-5-7(12)1-2-10(9)17(15,16)13-4-3-8(14)6-13/h1-2,5,8,14H,3-4,6,12H2/t8-/m0/s1. The van der Waals surface area contributed by atoms with Gasteiger partial charge in [-0.15, -0.1) is 0 Å². The summed E-state index contributed by atoms with van der Waals surface area (Å²) in [5.41, 5.74) is 5.53. The zero-order valence-corrected chi connectivity index (χ0v) is 9.82. The summed E-state index contributed by atoms with van der Waals surface area (Å²) in [6, 6.07) is 3.45. The van der Waals surface area contributed by atoms with Gasteiger partial charge in [-0.2, -0.15) is 4.31 Å². The van der Waals surface area contributed by atoms with Crippen LogP contribution in [0.1, 0.15) is 6.42 Å². The third kappa shape index (κ3) is 2.26. The number of halogens is 1. The molecule has 0 spiro atoms. The van der Waals surface area contributed by atoms with Crippen LogP contribution in [0.4, 0.5) is 10.1 Å². The molecular weight excluding hydrogens is 247 g/mol. The number of β-amino-alcohol motifs (C(OH)–C–C–N with tert-alkyl or cyclic N) is 1. The molecule has 7 heteroatoms. The van der Waals surface area contributed by atoms with E-state index in [-0.39, 0.29) is 18.8 Å². The summed E-state index contributed by atoms with van der Waals surface area (Å²) in [5.74, 6) is -0.869. The quantitative estimate of drug-likeness (QED) is 0.742. The van der Waals surface area contributed by atoms with Gasteiger partial charge in [0.15, 0.2) is 0 Å². The first kappa shape index (κ1) is 12.3. The average Bonchev–Trinajstić information content (AvgIpc) is 2.64. The highest BCUT2D eigenvalue weighted by atomic mass is 32.2. The number of sulfonamides is 1. The molecule has 0 radical (unpaired) electrons. The van der Waals surface area contributed by atoms with E-state index in [2.05, 4.69) is 0 Å². The van der Waals surface area contributed by atoms with Crippen LogP contribution in [0, 0.1) is 5.82 Å². The molecular formula is C10H13FN2O3S. The molecule has 0 amide bonds. The molecule has 1 atom stereocenters. The van der Waals surface area contributed by atoms with Crippen molar-refractivity contribution < 1.29 is 17.9 Å². The lowest BCUT2D eigenvalue weighted by Crippen LogP contribution is -2.30. The molecule has 1 saturated heterocycles. The van der Waals surface area contributed by atoms with Crippen molar-refractivity contribution in [3.8, 4) is 0 Å². The van der Waals surface area contributed by atoms with Crippen molar-refractivity contribution in [2.75, 3.05) is 18.8 Å². The first-order valence-electron chi connectivity index (χ1n) is 5.14. The zero-order valence-electron chi connectivity index (χ0n) is 9.01. The maximum absolute atomic E-state index is 13.5. The minimum atomic E-state index is -3.88. The van der Waals surface area contributed by atoms with Gasteiger partial charge in [0.2, 0.25) is 10.0 Å². The van der Waals surface area contributed by atoms with Gasteiger partial charge in [-0.05, 0) is 24.6 Å². The van der Waals surface area contributed by atoms with Crippen molar-refractivity contribution in [2.45, 2.75) is 17.4 Å². The maximum Gasteiger partial charge on any atom is 0.246 e. The van der Waals surface area contributed by atoms with Crippen LogP contribution in [0.5, 0.6) is 0 Å². The molecule has 1 aliphatic rings. The molecule has 3 N–H and O–H groups in total. The molecule has 0 saturated carbocycles. The SMILES string of the molecule is Nc1ccc(S(=O)(=O)N2CC[C@H](O)C2)c(F)c1. The summed E-state index contributed by atoms with van der Waals surface area (Å²) in [6.45, 7) is 0.208. The molecule has 0 aliphatic carbocycles. The molecule has 1 heterocycles. The molecule has 5 nitrogen and oxygen atoms in total. The molecule has 1 aliphatic heterocycles. The number of rotatable bonds is 2. The van der Waals surface area contributed by atoms with E-state index in [0.29, 0.717) is 6.42 Å². The highest BCUT2D eigenvalue weighted by Gasteiger charge is 2.33. The Labute approximate surface area is 98.7 Å². The molecule has 0 aromatic heterocycles. The minimum Gasteiger partial charge on any atom is -0.399 e. The van der Waals surface area contributed by atoms with Gasteiger partial charge in [-0.1, -0.05) is 0 Å². The summed E-state index contributed by atoms with van der Waals surface area (Å²) < 4.78 is 38.7. The van der Waals surface area contributed by atoms with E-state index in [1.807, 2.05) is 0 Å². The molecule has 1 fully saturated rings. The van der Waals surface area contributed by atoms with Crippen LogP contribution in [0.3, 0.4) is 0 Å². The Morgan fingerprint density at radius 1 is 1.47 bits per heavy atom. The first-order valence-corrected chi connectivity index (χ1v) is 6.58. The van der Waals surface area contributed by atoms with Crippen molar-refractivity contribution in [1.29, 1.82) is 0 Å². The molecule has 2 rings (SSSR count). The fourth-order valence-electron chi connectivity index (χ4n) is 1.79. The Morgan fingerprint density at radius 3 is 2.71 bits per heavy atom. The number of anilines is 1. The van der Waals surface area contributed by atoms with Crippen LogP contribution in [0.15, 0.2) is 23.1 Å². The van der Waals surface area contributed by atoms with Gasteiger partial charge in [-0.3, -0.25) is 0 Å². The number of aliphatic hydroxyl groups excluding tert-OH is 1. The maximum atomic E-state index is 13.5. The Morgan fingerprint density at radius 2 is 2.18 bits per heavy atom. The van der Waals surface area contributed by atoms with E-state index in [1.165, 1.54) is 6.07 Å². The van der Waals surface area contributed by atoms with E-state index in [9.17, 15) is 17.9 Å². The van der Waals surface area contributed by atoms with Crippen LogP contribution in [-0.4, -0.2) is 37.0 Å². The van der Waals surface area contributed by atoms with Gasteiger partial charge in [0.05, 0.1) is 6.10 Å². The van der Waals surface area contributed by atoms with E-state index in [0.717, 1.165) is 16.4 Å². The van der Waals surface area contributed by atoms with Crippen LogP contribution in [0.2, 0.25) is 0 Å². The second kappa shape index (κ2) is 4.25. The Balaban J connectivity index is 2.38. The topological polar surface area (TPSA) is 83.6 Å². The molecule has 1 aromatic carbocycles. The number of nitrogen functional groups attached to an aromatic ring is 1. The van der Waals surface area contributed by atoms with Gasteiger partial charge in [-0.25, -0.2) is 12.8 Å². The number of benzene rings is 1. The molecule has 94 valence electrons. The second-order valence-corrected chi connectivity index (χ2v) is 5.90. The molecule has 0 unspecified atom stereocenters. The van der Waals surface area contributed by atoms with E-state index >= 15 is 0 Å². The van der Waals surface area contributed by atoms with Crippen molar-refractivity contribution in [3.63, 3.8) is 0 Å². The smallest absolute Gasteiger partial charge is 0.246 e. The Kier molecular flexibility index (Phi) is 3.07. The minimum absolute atomic E-state index is 0.00610. The largest absolute Gasteiger partial charge is 0.399 e. The number of nitrogens with zero attached hydrogens (tertiary/aromatic N) is 1. The van der Waals surface area contributed by atoms with Gasteiger partial charge < -0.3 is 10.8 Å². The molecule has 17 heavy (non-hydrogen) atoms. The highest BCUT2D eigenvalue weighted by molar-refractivity contribution is 7.89. The molecule has 1 aromatic rings. The van der Waals surface area contributed by atoms with Crippen LogP contribution in [-0.2, 0) is 10.0 Å². The van der Waals surface area contributed by atoms with Gasteiger partial charge in [0, 0.05) is 18.8 Å². The third-order valence-corrected chi connectivity index (χ3v) is 4.60. The lowest BCUT2D eigenvalue weighted by Gasteiger charge is -2.16. The van der Waals surface area contributed by atoms with Gasteiger partial charge >= 0.3 is 0 Å². The summed E-state index contributed by atoms with van der Waals surface area (Å²) >= 11 is 0. The zero-order chi connectivity index (χ0) is 12.6. The predicted molar refractivity (Wildman–Crippen MR) is 60.2 cm³/mol. The van der Waals surface area contributed by atoms with Crippen LogP contribution < -0.4 is 5.73 Å². The van der Waals surface area contributed by atoms with E-state index in [4.69, 9.17) is 5.73 Å². The fourth-order valence-corrected chi connectivity index (χ4v) is 3.33. The fraction of sp³-hybridized carbons (Fsp3) is 0.400.